The predicted octanol–water partition coefficient (Wildman–Crippen LogP) is 5.66. The topological polar surface area (TPSA) is 57.3 Å². The minimum atomic E-state index is -4.64. The third kappa shape index (κ3) is 7.32. The largest absolute Gasteiger partial charge is 0.417 e. The molecule has 0 bridgehead atoms. The molecule has 2 unspecified atom stereocenters. The molecule has 2 saturated carbocycles. The Labute approximate surface area is 212 Å². The van der Waals surface area contributed by atoms with Crippen molar-refractivity contribution in [3.63, 3.8) is 0 Å². The molecular weight excluding hydrogens is 465 g/mol. The molecule has 1 heterocycles. The smallest absolute Gasteiger partial charge is 0.382 e. The molecule has 0 saturated heterocycles. The van der Waals surface area contributed by atoms with Crippen LogP contribution in [0.4, 0.5) is 13.2 Å². The number of pyridine rings is 1. The maximum absolute atomic E-state index is 13.6. The number of hydrogen-bond acceptors (Lipinski definition) is 4. The van der Waals surface area contributed by atoms with Gasteiger partial charge in [0, 0.05) is 41.4 Å². The van der Waals surface area contributed by atoms with E-state index in [0.717, 1.165) is 44.9 Å². The molecule has 1 aromatic heterocycles. The molecule has 196 valence electrons. The minimum Gasteiger partial charge on any atom is -0.382 e. The fourth-order valence-electron chi connectivity index (χ4n) is 4.57. The van der Waals surface area contributed by atoms with Crippen molar-refractivity contribution in [1.82, 2.24) is 20.5 Å². The van der Waals surface area contributed by atoms with Gasteiger partial charge in [-0.3, -0.25) is 4.79 Å². The van der Waals surface area contributed by atoms with Crippen molar-refractivity contribution in [2.45, 2.75) is 63.2 Å². The number of hydrogen-bond donors (Lipinski definition) is 2. The van der Waals surface area contributed by atoms with Crippen LogP contribution in [-0.4, -0.2) is 54.7 Å². The lowest BCUT2D eigenvalue weighted by Gasteiger charge is -2.28. The molecule has 2 aliphatic carbocycles. The SMILES string of the molecule is C=Cc1c(C(=C)NC2CCCCC(N(C)C)C2)cc(/C=C/CNC(=O)C2CC2)nc1C(=C)C(F)(F)F. The van der Waals surface area contributed by atoms with E-state index < -0.39 is 11.7 Å². The maximum atomic E-state index is 13.6. The third-order valence-electron chi connectivity index (χ3n) is 6.87. The van der Waals surface area contributed by atoms with Gasteiger partial charge in [-0.25, -0.2) is 4.98 Å². The van der Waals surface area contributed by atoms with Crippen LogP contribution in [0.5, 0.6) is 0 Å². The summed E-state index contributed by atoms with van der Waals surface area (Å²) < 4.78 is 40.9. The summed E-state index contributed by atoms with van der Waals surface area (Å²) in [6.45, 7) is 11.5. The van der Waals surface area contributed by atoms with E-state index in [2.05, 4.69) is 54.3 Å². The molecule has 3 rings (SSSR count). The molecular formula is C28H37F3N4O. The highest BCUT2D eigenvalue weighted by Crippen LogP contribution is 2.36. The fourth-order valence-corrected chi connectivity index (χ4v) is 4.57. The van der Waals surface area contributed by atoms with Gasteiger partial charge < -0.3 is 15.5 Å². The monoisotopic (exact) mass is 502 g/mol. The van der Waals surface area contributed by atoms with Crippen LogP contribution in [0.3, 0.4) is 0 Å². The molecule has 2 fully saturated rings. The molecule has 0 aromatic carbocycles. The number of rotatable bonds is 10. The molecule has 8 heteroatoms. The van der Waals surface area contributed by atoms with Crippen LogP contribution in [0.1, 0.15) is 67.5 Å². The molecule has 2 N–H and O–H groups in total. The lowest BCUT2D eigenvalue weighted by molar-refractivity contribution is -0.122. The molecule has 5 nitrogen and oxygen atoms in total. The van der Waals surface area contributed by atoms with Gasteiger partial charge in [0.15, 0.2) is 0 Å². The van der Waals surface area contributed by atoms with Crippen molar-refractivity contribution in [2.75, 3.05) is 20.6 Å². The predicted molar refractivity (Wildman–Crippen MR) is 141 cm³/mol. The van der Waals surface area contributed by atoms with Crippen LogP contribution in [0.25, 0.3) is 23.4 Å². The summed E-state index contributed by atoms with van der Waals surface area (Å²) in [5.41, 5.74) is 0.299. The van der Waals surface area contributed by atoms with E-state index in [1.807, 2.05) is 0 Å². The second-order valence-corrected chi connectivity index (χ2v) is 9.92. The van der Waals surface area contributed by atoms with Gasteiger partial charge in [0.2, 0.25) is 5.91 Å². The summed E-state index contributed by atoms with van der Waals surface area (Å²) in [5.74, 6) is 0.0839. The highest BCUT2D eigenvalue weighted by atomic mass is 19.4. The number of nitrogens with zero attached hydrogens (tertiary/aromatic N) is 2. The summed E-state index contributed by atoms with van der Waals surface area (Å²) in [6.07, 6.45) is 7.06. The number of alkyl halides is 3. The van der Waals surface area contributed by atoms with Crippen molar-refractivity contribution >= 4 is 29.3 Å². The normalized spacial score (nSPS) is 20.7. The van der Waals surface area contributed by atoms with Crippen LogP contribution in [0, 0.1) is 5.92 Å². The van der Waals surface area contributed by atoms with Crippen molar-refractivity contribution in [2.24, 2.45) is 5.92 Å². The van der Waals surface area contributed by atoms with Gasteiger partial charge in [-0.05, 0) is 58.3 Å². The Morgan fingerprint density at radius 1 is 1.19 bits per heavy atom. The molecule has 2 aliphatic rings. The highest BCUT2D eigenvalue weighted by molar-refractivity contribution is 5.82. The number of allylic oxidation sites excluding steroid dienone is 1. The highest BCUT2D eigenvalue weighted by Gasteiger charge is 2.36. The second kappa shape index (κ2) is 11.9. The molecule has 1 amide bonds. The Kier molecular flexibility index (Phi) is 9.17. The molecule has 36 heavy (non-hydrogen) atoms. The van der Waals surface area contributed by atoms with Crippen LogP contribution in [0.2, 0.25) is 0 Å². The zero-order chi connectivity index (χ0) is 26.5. The number of nitrogens with one attached hydrogen (secondary N) is 2. The van der Waals surface area contributed by atoms with Crippen LogP contribution in [-0.2, 0) is 4.79 Å². The van der Waals surface area contributed by atoms with Crippen LogP contribution < -0.4 is 10.6 Å². The van der Waals surface area contributed by atoms with Crippen molar-refractivity contribution in [3.8, 4) is 0 Å². The van der Waals surface area contributed by atoms with Gasteiger partial charge >= 0.3 is 6.18 Å². The van der Waals surface area contributed by atoms with Gasteiger partial charge in [0.05, 0.1) is 17.0 Å². The number of carbonyl (C=O) groups excluding carboxylic acids is 1. The van der Waals surface area contributed by atoms with Crippen LogP contribution in [0.15, 0.2) is 31.9 Å². The number of amides is 1. The Hall–Kier alpha value is -2.87. The lowest BCUT2D eigenvalue weighted by Crippen LogP contribution is -2.36. The molecule has 2 atom stereocenters. The van der Waals surface area contributed by atoms with Crippen LogP contribution >= 0.6 is 0 Å². The molecule has 1 aromatic rings. The first-order valence-electron chi connectivity index (χ1n) is 12.5. The Bertz CT molecular complexity index is 1020. The number of aromatic nitrogens is 1. The van der Waals surface area contributed by atoms with E-state index in [1.165, 1.54) is 6.08 Å². The first kappa shape index (κ1) is 27.7. The van der Waals surface area contributed by atoms with E-state index in [4.69, 9.17) is 0 Å². The summed E-state index contributed by atoms with van der Waals surface area (Å²) in [4.78, 5) is 18.3. The second-order valence-electron chi connectivity index (χ2n) is 9.92. The van der Waals surface area contributed by atoms with E-state index in [-0.39, 0.29) is 35.7 Å². The third-order valence-corrected chi connectivity index (χ3v) is 6.87. The summed E-state index contributed by atoms with van der Waals surface area (Å²) >= 11 is 0. The quantitative estimate of drug-likeness (QED) is 0.405. The first-order valence-corrected chi connectivity index (χ1v) is 12.5. The molecule has 0 aliphatic heterocycles. The van der Waals surface area contributed by atoms with E-state index >= 15 is 0 Å². The average Bonchev–Trinajstić information content (AvgIpc) is 3.67. The summed E-state index contributed by atoms with van der Waals surface area (Å²) in [6, 6.07) is 2.29. The van der Waals surface area contributed by atoms with Gasteiger partial charge in [0.25, 0.3) is 0 Å². The molecule has 0 radical (unpaired) electrons. The minimum absolute atomic E-state index is 0.00144. The molecule has 0 spiro atoms. The Morgan fingerprint density at radius 2 is 1.89 bits per heavy atom. The number of halogens is 3. The Morgan fingerprint density at radius 3 is 2.50 bits per heavy atom. The van der Waals surface area contributed by atoms with E-state index in [9.17, 15) is 18.0 Å². The van der Waals surface area contributed by atoms with Crippen molar-refractivity contribution in [1.29, 1.82) is 0 Å². The zero-order valence-electron chi connectivity index (χ0n) is 21.3. The standard InChI is InChI=1S/C28H37F3N4O/c1-6-24-25(19(3)33-21-10-7-8-12-23(16-21)35(4)5)17-22(34-26(24)18(2)28(29,30)31)11-9-15-32-27(36)20-13-14-20/h6,9,11,17,20-21,23,33H,1-3,7-8,10,12-16H2,4-5H3,(H,32,36)/b11-9+. The van der Waals surface area contributed by atoms with Crippen molar-refractivity contribution < 1.29 is 18.0 Å². The zero-order valence-corrected chi connectivity index (χ0v) is 21.3. The summed E-state index contributed by atoms with van der Waals surface area (Å²) in [5, 5.41) is 6.29. The van der Waals surface area contributed by atoms with Gasteiger partial charge in [-0.15, -0.1) is 0 Å². The lowest BCUT2D eigenvalue weighted by atomic mass is 9.97. The van der Waals surface area contributed by atoms with E-state index in [1.54, 1.807) is 18.2 Å². The first-order chi connectivity index (χ1) is 17.0. The van der Waals surface area contributed by atoms with Gasteiger partial charge in [-0.1, -0.05) is 44.7 Å². The maximum Gasteiger partial charge on any atom is 0.417 e. The van der Waals surface area contributed by atoms with Crippen molar-refractivity contribution in [3.05, 3.63) is 54.4 Å². The summed E-state index contributed by atoms with van der Waals surface area (Å²) in [7, 11) is 4.14. The van der Waals surface area contributed by atoms with Gasteiger partial charge in [0.1, 0.15) is 0 Å². The Balaban J connectivity index is 1.88. The van der Waals surface area contributed by atoms with Gasteiger partial charge in [-0.2, -0.15) is 13.2 Å². The number of carbonyl (C=O) groups is 1. The average molecular weight is 503 g/mol. The van der Waals surface area contributed by atoms with E-state index in [0.29, 0.717) is 23.0 Å². The fraction of sp³-hybridized carbons (Fsp3) is 0.500.